The van der Waals surface area contributed by atoms with Crippen molar-refractivity contribution in [1.82, 2.24) is 25.2 Å². The predicted molar refractivity (Wildman–Crippen MR) is 70.9 cm³/mol. The van der Waals surface area contributed by atoms with Crippen molar-refractivity contribution in [3.05, 3.63) is 18.0 Å². The maximum absolute atomic E-state index is 11.7. The highest BCUT2D eigenvalue weighted by atomic mass is 16.2. The van der Waals surface area contributed by atoms with Gasteiger partial charge < -0.3 is 10.6 Å². The molecule has 0 aromatic carbocycles. The molecule has 0 unspecified atom stereocenters. The van der Waals surface area contributed by atoms with Gasteiger partial charge in [-0.15, -0.1) is 5.10 Å². The highest BCUT2D eigenvalue weighted by Crippen LogP contribution is 2.04. The van der Waals surface area contributed by atoms with Crippen LogP contribution >= 0.6 is 0 Å². The van der Waals surface area contributed by atoms with Crippen LogP contribution in [0.25, 0.3) is 0 Å². The summed E-state index contributed by atoms with van der Waals surface area (Å²) in [5, 5.41) is 19.3. The third-order valence-electron chi connectivity index (χ3n) is 2.41. The second kappa shape index (κ2) is 5.95. The minimum atomic E-state index is -0.283. The van der Waals surface area contributed by atoms with Crippen LogP contribution < -0.4 is 10.6 Å². The van der Waals surface area contributed by atoms with Crippen molar-refractivity contribution in [2.75, 3.05) is 10.6 Å². The molecule has 0 bridgehead atoms. The number of amides is 2. The van der Waals surface area contributed by atoms with Crippen LogP contribution in [0.15, 0.2) is 12.3 Å². The van der Waals surface area contributed by atoms with E-state index in [1.165, 1.54) is 10.9 Å². The van der Waals surface area contributed by atoms with Crippen LogP contribution in [0.3, 0.4) is 0 Å². The summed E-state index contributed by atoms with van der Waals surface area (Å²) in [6, 6.07) is 1.71. The SMILES string of the molecule is CCC(=O)Nc1cn(CC(=O)Nc2cc(C)[nH]n2)nn1. The van der Waals surface area contributed by atoms with Crippen LogP contribution in [0, 0.1) is 6.92 Å². The molecule has 0 aliphatic heterocycles. The molecule has 2 aromatic heterocycles. The smallest absolute Gasteiger partial charge is 0.247 e. The topological polar surface area (TPSA) is 118 Å². The molecule has 9 heteroatoms. The molecular weight excluding hydrogens is 262 g/mol. The number of carbonyl (C=O) groups is 2. The Morgan fingerprint density at radius 3 is 2.70 bits per heavy atom. The monoisotopic (exact) mass is 277 g/mol. The van der Waals surface area contributed by atoms with Gasteiger partial charge >= 0.3 is 0 Å². The van der Waals surface area contributed by atoms with Crippen molar-refractivity contribution in [3.63, 3.8) is 0 Å². The number of aryl methyl sites for hydroxylation is 1. The summed E-state index contributed by atoms with van der Waals surface area (Å²) in [7, 11) is 0. The third kappa shape index (κ3) is 3.64. The standard InChI is InChI=1S/C11H15N7O2/c1-3-10(19)13-9-5-18(17-16-9)6-11(20)12-8-4-7(2)14-15-8/h4-5H,3,6H2,1-2H3,(H,13,19)(H2,12,14,15,20). The summed E-state index contributed by atoms with van der Waals surface area (Å²) >= 11 is 0. The average Bonchev–Trinajstić information content (AvgIpc) is 2.99. The molecule has 0 fully saturated rings. The Hall–Kier alpha value is -2.71. The number of nitrogens with one attached hydrogen (secondary N) is 3. The zero-order chi connectivity index (χ0) is 14.5. The van der Waals surface area contributed by atoms with Gasteiger partial charge in [-0.2, -0.15) is 5.10 Å². The second-order valence-corrected chi connectivity index (χ2v) is 4.19. The third-order valence-corrected chi connectivity index (χ3v) is 2.41. The Bertz CT molecular complexity index is 616. The second-order valence-electron chi connectivity index (χ2n) is 4.19. The van der Waals surface area contributed by atoms with Gasteiger partial charge in [-0.05, 0) is 6.92 Å². The molecule has 0 aliphatic rings. The molecule has 0 aliphatic carbocycles. The molecule has 9 nitrogen and oxygen atoms in total. The molecule has 2 rings (SSSR count). The highest BCUT2D eigenvalue weighted by molar-refractivity contribution is 5.90. The maximum Gasteiger partial charge on any atom is 0.247 e. The van der Waals surface area contributed by atoms with Gasteiger partial charge in [0.15, 0.2) is 11.6 Å². The minimum Gasteiger partial charge on any atom is -0.308 e. The number of aromatic nitrogens is 5. The number of rotatable bonds is 5. The molecule has 106 valence electrons. The fourth-order valence-electron chi connectivity index (χ4n) is 1.48. The summed E-state index contributed by atoms with van der Waals surface area (Å²) in [5.74, 6) is 0.329. The Morgan fingerprint density at radius 1 is 1.30 bits per heavy atom. The molecule has 2 heterocycles. The highest BCUT2D eigenvalue weighted by Gasteiger charge is 2.09. The Kier molecular flexibility index (Phi) is 4.08. The van der Waals surface area contributed by atoms with Crippen LogP contribution in [0.1, 0.15) is 19.0 Å². The number of hydrogen-bond donors (Lipinski definition) is 3. The summed E-state index contributed by atoms with van der Waals surface area (Å²) in [5.41, 5.74) is 0.852. The van der Waals surface area contributed by atoms with Crippen molar-refractivity contribution >= 4 is 23.5 Å². The molecule has 0 radical (unpaired) electrons. The van der Waals surface area contributed by atoms with E-state index in [0.29, 0.717) is 18.1 Å². The van der Waals surface area contributed by atoms with Gasteiger partial charge in [0.05, 0.1) is 6.20 Å². The first-order chi connectivity index (χ1) is 9.56. The van der Waals surface area contributed by atoms with Crippen LogP contribution in [0.2, 0.25) is 0 Å². The van der Waals surface area contributed by atoms with Crippen molar-refractivity contribution in [3.8, 4) is 0 Å². The van der Waals surface area contributed by atoms with Gasteiger partial charge in [-0.25, -0.2) is 4.68 Å². The first kappa shape index (κ1) is 13.7. The van der Waals surface area contributed by atoms with E-state index in [0.717, 1.165) is 5.69 Å². The van der Waals surface area contributed by atoms with Gasteiger partial charge in [0.1, 0.15) is 6.54 Å². The van der Waals surface area contributed by atoms with Gasteiger partial charge in [0.2, 0.25) is 11.8 Å². The van der Waals surface area contributed by atoms with Crippen molar-refractivity contribution in [2.24, 2.45) is 0 Å². The van der Waals surface area contributed by atoms with E-state index in [4.69, 9.17) is 0 Å². The largest absolute Gasteiger partial charge is 0.308 e. The number of hydrogen-bond acceptors (Lipinski definition) is 5. The quantitative estimate of drug-likeness (QED) is 0.726. The van der Waals surface area contributed by atoms with E-state index in [2.05, 4.69) is 31.1 Å². The summed E-state index contributed by atoms with van der Waals surface area (Å²) in [6.07, 6.45) is 1.84. The van der Waals surface area contributed by atoms with Crippen LogP contribution in [-0.2, 0) is 16.1 Å². The Balaban J connectivity index is 1.89. The fourth-order valence-corrected chi connectivity index (χ4v) is 1.48. The lowest BCUT2D eigenvalue weighted by Gasteiger charge is -2.00. The zero-order valence-corrected chi connectivity index (χ0v) is 11.2. The molecule has 0 atom stereocenters. The van der Waals surface area contributed by atoms with Crippen molar-refractivity contribution < 1.29 is 9.59 Å². The molecule has 0 spiro atoms. The van der Waals surface area contributed by atoms with Crippen LogP contribution in [0.4, 0.5) is 11.6 Å². The molecule has 0 saturated carbocycles. The van der Waals surface area contributed by atoms with Crippen molar-refractivity contribution in [1.29, 1.82) is 0 Å². The zero-order valence-electron chi connectivity index (χ0n) is 11.2. The first-order valence-electron chi connectivity index (χ1n) is 6.08. The molecule has 0 saturated heterocycles. The van der Waals surface area contributed by atoms with Crippen LogP contribution in [0.5, 0.6) is 0 Å². The van der Waals surface area contributed by atoms with Gasteiger partial charge in [0, 0.05) is 18.2 Å². The molecule has 2 aromatic rings. The number of anilines is 2. The van der Waals surface area contributed by atoms with Crippen LogP contribution in [-0.4, -0.2) is 37.0 Å². The fraction of sp³-hybridized carbons (Fsp3) is 0.364. The number of aromatic amines is 1. The minimum absolute atomic E-state index is 0.0130. The summed E-state index contributed by atoms with van der Waals surface area (Å²) in [6.45, 7) is 3.56. The van der Waals surface area contributed by atoms with Gasteiger partial charge in [-0.1, -0.05) is 12.1 Å². The molecule has 2 amide bonds. The number of nitrogens with zero attached hydrogens (tertiary/aromatic N) is 4. The first-order valence-corrected chi connectivity index (χ1v) is 6.08. The van der Waals surface area contributed by atoms with E-state index in [1.54, 1.807) is 13.0 Å². The normalized spacial score (nSPS) is 10.3. The van der Waals surface area contributed by atoms with E-state index in [9.17, 15) is 9.59 Å². The molecular formula is C11H15N7O2. The maximum atomic E-state index is 11.7. The number of H-pyrrole nitrogens is 1. The Morgan fingerprint density at radius 2 is 2.05 bits per heavy atom. The van der Waals surface area contributed by atoms with E-state index < -0.39 is 0 Å². The summed E-state index contributed by atoms with van der Waals surface area (Å²) < 4.78 is 1.33. The van der Waals surface area contributed by atoms with Gasteiger partial charge in [0.25, 0.3) is 0 Å². The molecule has 3 N–H and O–H groups in total. The van der Waals surface area contributed by atoms with Gasteiger partial charge in [-0.3, -0.25) is 14.7 Å². The lowest BCUT2D eigenvalue weighted by molar-refractivity contribution is -0.117. The average molecular weight is 277 g/mol. The summed E-state index contributed by atoms with van der Waals surface area (Å²) in [4.78, 5) is 22.9. The Labute approximate surface area is 114 Å². The number of carbonyl (C=O) groups excluding carboxylic acids is 2. The van der Waals surface area contributed by atoms with Crippen molar-refractivity contribution in [2.45, 2.75) is 26.8 Å². The predicted octanol–water partition coefficient (Wildman–Crippen LogP) is 0.297. The van der Waals surface area contributed by atoms with E-state index >= 15 is 0 Å². The lowest BCUT2D eigenvalue weighted by atomic mass is 10.4. The molecule has 20 heavy (non-hydrogen) atoms. The van der Waals surface area contributed by atoms with E-state index in [-0.39, 0.29) is 18.4 Å². The lowest BCUT2D eigenvalue weighted by Crippen LogP contribution is -2.19. The van der Waals surface area contributed by atoms with E-state index in [1.807, 2.05) is 6.92 Å².